The van der Waals surface area contributed by atoms with Crippen LogP contribution in [0, 0.1) is 0 Å². The fraction of sp³-hybridized carbons (Fsp3) is 0.267. The number of nitrogens with zero attached hydrogens (tertiary/aromatic N) is 1. The molecule has 0 saturated carbocycles. The molecule has 3 nitrogen and oxygen atoms in total. The molecular weight excluding hydrogens is 294 g/mol. The standard InChI is InChI=1S/C15H14ClNO2S/c16-12-5-3-11(4-6-12)13-10-17(7-8-19-13)15(18)14-2-1-9-20-14/h1-6,9,13H,7-8,10H2. The Morgan fingerprint density at radius 3 is 2.80 bits per heavy atom. The van der Waals surface area contributed by atoms with E-state index in [0.717, 1.165) is 10.4 Å². The van der Waals surface area contributed by atoms with Gasteiger partial charge in [0.05, 0.1) is 18.0 Å². The average molecular weight is 308 g/mol. The molecule has 0 radical (unpaired) electrons. The molecule has 0 aliphatic carbocycles. The molecule has 20 heavy (non-hydrogen) atoms. The van der Waals surface area contributed by atoms with Crippen molar-refractivity contribution in [2.45, 2.75) is 6.10 Å². The Kier molecular flexibility index (Phi) is 4.05. The molecule has 1 aromatic heterocycles. The van der Waals surface area contributed by atoms with E-state index in [2.05, 4.69) is 0 Å². The van der Waals surface area contributed by atoms with E-state index in [4.69, 9.17) is 16.3 Å². The van der Waals surface area contributed by atoms with Crippen molar-refractivity contribution >= 4 is 28.8 Å². The van der Waals surface area contributed by atoms with Crippen LogP contribution in [0.3, 0.4) is 0 Å². The number of hydrogen-bond donors (Lipinski definition) is 0. The summed E-state index contributed by atoms with van der Waals surface area (Å²) in [5.41, 5.74) is 1.05. The number of benzene rings is 1. The van der Waals surface area contributed by atoms with Gasteiger partial charge in [-0.15, -0.1) is 11.3 Å². The first-order valence-corrected chi connectivity index (χ1v) is 7.69. The van der Waals surface area contributed by atoms with E-state index >= 15 is 0 Å². The molecule has 1 aliphatic rings. The molecule has 1 unspecified atom stereocenters. The summed E-state index contributed by atoms with van der Waals surface area (Å²) in [6, 6.07) is 11.4. The smallest absolute Gasteiger partial charge is 0.264 e. The van der Waals surface area contributed by atoms with Gasteiger partial charge in [-0.2, -0.15) is 0 Å². The summed E-state index contributed by atoms with van der Waals surface area (Å²) in [5, 5.41) is 2.63. The Morgan fingerprint density at radius 1 is 1.30 bits per heavy atom. The van der Waals surface area contributed by atoms with Crippen LogP contribution in [0.25, 0.3) is 0 Å². The number of amides is 1. The molecule has 1 saturated heterocycles. The van der Waals surface area contributed by atoms with Crippen molar-refractivity contribution in [3.63, 3.8) is 0 Å². The van der Waals surface area contributed by atoms with Gasteiger partial charge >= 0.3 is 0 Å². The molecule has 0 N–H and O–H groups in total. The van der Waals surface area contributed by atoms with Gasteiger partial charge in [0.1, 0.15) is 6.10 Å². The minimum atomic E-state index is -0.0788. The lowest BCUT2D eigenvalue weighted by molar-refractivity contribution is -0.0226. The van der Waals surface area contributed by atoms with Crippen molar-refractivity contribution < 1.29 is 9.53 Å². The predicted octanol–water partition coefficient (Wildman–Crippen LogP) is 3.62. The molecule has 2 heterocycles. The molecule has 5 heteroatoms. The van der Waals surface area contributed by atoms with Crippen molar-refractivity contribution in [2.24, 2.45) is 0 Å². The first-order chi connectivity index (χ1) is 9.74. The van der Waals surface area contributed by atoms with Crippen molar-refractivity contribution in [3.05, 3.63) is 57.2 Å². The molecular formula is C15H14ClNO2S. The highest BCUT2D eigenvalue weighted by Gasteiger charge is 2.26. The lowest BCUT2D eigenvalue weighted by atomic mass is 10.1. The molecule has 104 valence electrons. The van der Waals surface area contributed by atoms with Gasteiger partial charge in [-0.25, -0.2) is 0 Å². The first-order valence-electron chi connectivity index (χ1n) is 6.44. The Labute approximate surface area is 126 Å². The maximum Gasteiger partial charge on any atom is 0.264 e. The lowest BCUT2D eigenvalue weighted by Gasteiger charge is -2.33. The number of carbonyl (C=O) groups excluding carboxylic acids is 1. The summed E-state index contributed by atoms with van der Waals surface area (Å²) in [6.07, 6.45) is -0.0788. The van der Waals surface area contributed by atoms with Gasteiger partial charge in [0.15, 0.2) is 0 Å². The van der Waals surface area contributed by atoms with Gasteiger partial charge in [-0.3, -0.25) is 4.79 Å². The maximum atomic E-state index is 12.4. The van der Waals surface area contributed by atoms with Crippen LogP contribution in [0.1, 0.15) is 21.3 Å². The molecule has 2 aromatic rings. The summed E-state index contributed by atoms with van der Waals surface area (Å²) in [7, 11) is 0. The summed E-state index contributed by atoms with van der Waals surface area (Å²) < 4.78 is 5.77. The largest absolute Gasteiger partial charge is 0.370 e. The second-order valence-corrected chi connectivity index (χ2v) is 6.02. The second kappa shape index (κ2) is 5.95. The van der Waals surface area contributed by atoms with Gasteiger partial charge in [-0.05, 0) is 29.1 Å². The number of rotatable bonds is 2. The highest BCUT2D eigenvalue weighted by molar-refractivity contribution is 7.12. The van der Waals surface area contributed by atoms with E-state index in [1.54, 1.807) is 0 Å². The quantitative estimate of drug-likeness (QED) is 0.848. The highest BCUT2D eigenvalue weighted by atomic mass is 35.5. The molecule has 1 aliphatic heterocycles. The van der Waals surface area contributed by atoms with E-state index in [9.17, 15) is 4.79 Å². The third-order valence-electron chi connectivity index (χ3n) is 3.33. The third kappa shape index (κ3) is 2.87. The van der Waals surface area contributed by atoms with E-state index in [0.29, 0.717) is 24.7 Å². The second-order valence-electron chi connectivity index (χ2n) is 4.64. The van der Waals surface area contributed by atoms with Crippen LogP contribution in [0.2, 0.25) is 5.02 Å². The Bertz CT molecular complexity index is 582. The van der Waals surface area contributed by atoms with Crippen molar-refractivity contribution in [1.82, 2.24) is 4.90 Å². The minimum absolute atomic E-state index is 0.0788. The van der Waals surface area contributed by atoms with Crippen molar-refractivity contribution in [3.8, 4) is 0 Å². The van der Waals surface area contributed by atoms with Gasteiger partial charge < -0.3 is 9.64 Å². The van der Waals surface area contributed by atoms with Gasteiger partial charge in [-0.1, -0.05) is 29.8 Å². The number of morpholine rings is 1. The molecule has 3 rings (SSSR count). The number of hydrogen-bond acceptors (Lipinski definition) is 3. The van der Waals surface area contributed by atoms with Crippen LogP contribution >= 0.6 is 22.9 Å². The van der Waals surface area contributed by atoms with E-state index in [1.807, 2.05) is 46.7 Å². The van der Waals surface area contributed by atoms with Crippen LogP contribution in [0.15, 0.2) is 41.8 Å². The predicted molar refractivity (Wildman–Crippen MR) is 80.4 cm³/mol. The molecule has 1 amide bonds. The number of carbonyl (C=O) groups is 1. The summed E-state index contributed by atoms with van der Waals surface area (Å²) in [6.45, 7) is 1.78. The first kappa shape index (κ1) is 13.6. The lowest BCUT2D eigenvalue weighted by Crippen LogP contribution is -2.42. The Morgan fingerprint density at radius 2 is 2.10 bits per heavy atom. The minimum Gasteiger partial charge on any atom is -0.370 e. The van der Waals surface area contributed by atoms with Crippen molar-refractivity contribution in [1.29, 1.82) is 0 Å². The number of thiophene rings is 1. The molecule has 0 spiro atoms. The SMILES string of the molecule is O=C(c1cccs1)N1CCOC(c2ccc(Cl)cc2)C1. The average Bonchev–Trinajstić information content (AvgIpc) is 3.01. The van der Waals surface area contributed by atoms with Crippen LogP contribution in [0.4, 0.5) is 0 Å². The summed E-state index contributed by atoms with van der Waals surface area (Å²) >= 11 is 7.37. The van der Waals surface area contributed by atoms with E-state index in [1.165, 1.54) is 11.3 Å². The van der Waals surface area contributed by atoms with Crippen LogP contribution in [-0.2, 0) is 4.74 Å². The molecule has 1 aromatic carbocycles. The van der Waals surface area contributed by atoms with Gasteiger partial charge in [0.25, 0.3) is 5.91 Å². The Hall–Kier alpha value is -1.36. The van der Waals surface area contributed by atoms with Crippen LogP contribution < -0.4 is 0 Å². The van der Waals surface area contributed by atoms with Crippen LogP contribution in [-0.4, -0.2) is 30.5 Å². The zero-order valence-electron chi connectivity index (χ0n) is 10.8. The fourth-order valence-corrected chi connectivity index (χ4v) is 3.09. The zero-order chi connectivity index (χ0) is 13.9. The summed E-state index contributed by atoms with van der Waals surface area (Å²) in [4.78, 5) is 15.0. The maximum absolute atomic E-state index is 12.4. The summed E-state index contributed by atoms with van der Waals surface area (Å²) in [5.74, 6) is 0.0854. The highest BCUT2D eigenvalue weighted by Crippen LogP contribution is 2.25. The molecule has 0 bridgehead atoms. The molecule has 1 atom stereocenters. The van der Waals surface area contributed by atoms with Gasteiger partial charge in [0.2, 0.25) is 0 Å². The van der Waals surface area contributed by atoms with Crippen LogP contribution in [0.5, 0.6) is 0 Å². The monoisotopic (exact) mass is 307 g/mol. The van der Waals surface area contributed by atoms with E-state index < -0.39 is 0 Å². The van der Waals surface area contributed by atoms with E-state index in [-0.39, 0.29) is 12.0 Å². The number of ether oxygens (including phenoxy) is 1. The molecule has 1 fully saturated rings. The zero-order valence-corrected chi connectivity index (χ0v) is 12.4. The topological polar surface area (TPSA) is 29.5 Å². The van der Waals surface area contributed by atoms with Crippen molar-refractivity contribution in [2.75, 3.05) is 19.7 Å². The fourth-order valence-electron chi connectivity index (χ4n) is 2.27. The third-order valence-corrected chi connectivity index (χ3v) is 4.44. The number of halogens is 1. The Balaban J connectivity index is 1.73. The van der Waals surface area contributed by atoms with Gasteiger partial charge in [0, 0.05) is 11.6 Å². The normalized spacial score (nSPS) is 19.1.